The molecule has 3 heteroatoms. The van der Waals surface area contributed by atoms with E-state index >= 15 is 0 Å². The van der Waals surface area contributed by atoms with Crippen molar-refractivity contribution >= 4 is 16.9 Å². The maximum atomic E-state index is 11.3. The van der Waals surface area contributed by atoms with Crippen LogP contribution in [0.1, 0.15) is 52.6 Å². The summed E-state index contributed by atoms with van der Waals surface area (Å²) in [6.45, 7) is 9.97. The molecule has 1 aromatic carbocycles. The number of aromatic carboxylic acids is 1. The Morgan fingerprint density at radius 1 is 1.22 bits per heavy atom. The quantitative estimate of drug-likeness (QED) is 0.864. The first-order valence-corrected chi connectivity index (χ1v) is 6.11. The van der Waals surface area contributed by atoms with Crippen LogP contribution in [0.25, 0.3) is 11.0 Å². The minimum atomic E-state index is -0.994. The van der Waals surface area contributed by atoms with E-state index in [4.69, 9.17) is 4.42 Å². The van der Waals surface area contributed by atoms with Crippen molar-refractivity contribution < 1.29 is 14.3 Å². The summed E-state index contributed by atoms with van der Waals surface area (Å²) in [7, 11) is 0. The number of hydrogen-bond donors (Lipinski definition) is 1. The van der Waals surface area contributed by atoms with Crippen molar-refractivity contribution in [2.45, 2.75) is 40.5 Å². The number of carboxylic acid groups (broad SMARTS) is 1. The van der Waals surface area contributed by atoms with E-state index in [1.54, 1.807) is 0 Å². The van der Waals surface area contributed by atoms with Gasteiger partial charge in [-0.3, -0.25) is 0 Å². The van der Waals surface area contributed by atoms with E-state index in [2.05, 4.69) is 6.07 Å². The minimum Gasteiger partial charge on any atom is -0.475 e. The lowest BCUT2D eigenvalue weighted by Gasteiger charge is -2.07. The standard InChI is InChI=1S/C15H18O3/c1-7(2)11-12-9(4)6-8(3)10(5)13(12)18-14(11)15(16)17/h6-7H,1-5H3,(H,16,17). The van der Waals surface area contributed by atoms with Crippen molar-refractivity contribution in [2.24, 2.45) is 0 Å². The van der Waals surface area contributed by atoms with Gasteiger partial charge in [-0.15, -0.1) is 0 Å². The van der Waals surface area contributed by atoms with Gasteiger partial charge in [-0.1, -0.05) is 19.9 Å². The van der Waals surface area contributed by atoms with Gasteiger partial charge in [0.25, 0.3) is 0 Å². The van der Waals surface area contributed by atoms with Gasteiger partial charge in [-0.25, -0.2) is 4.79 Å². The number of carboxylic acids is 1. The van der Waals surface area contributed by atoms with Crippen LogP contribution in [-0.2, 0) is 0 Å². The van der Waals surface area contributed by atoms with Crippen LogP contribution in [-0.4, -0.2) is 11.1 Å². The largest absolute Gasteiger partial charge is 0.475 e. The van der Waals surface area contributed by atoms with E-state index in [1.165, 1.54) is 0 Å². The third kappa shape index (κ3) is 1.70. The Morgan fingerprint density at radius 2 is 1.83 bits per heavy atom. The first-order chi connectivity index (χ1) is 8.34. The van der Waals surface area contributed by atoms with Crippen LogP contribution in [0, 0.1) is 20.8 Å². The maximum absolute atomic E-state index is 11.3. The van der Waals surface area contributed by atoms with Gasteiger partial charge in [0.05, 0.1) is 0 Å². The molecule has 1 heterocycles. The zero-order valence-corrected chi connectivity index (χ0v) is 11.4. The second-order valence-electron chi connectivity index (χ2n) is 5.14. The van der Waals surface area contributed by atoms with Gasteiger partial charge in [-0.05, 0) is 43.4 Å². The molecular formula is C15H18O3. The Morgan fingerprint density at radius 3 is 2.33 bits per heavy atom. The molecule has 0 spiro atoms. The fourth-order valence-corrected chi connectivity index (χ4v) is 2.49. The van der Waals surface area contributed by atoms with Crippen LogP contribution < -0.4 is 0 Å². The molecule has 0 aliphatic rings. The van der Waals surface area contributed by atoms with Crippen LogP contribution >= 0.6 is 0 Å². The number of aryl methyl sites for hydroxylation is 3. The summed E-state index contributed by atoms with van der Waals surface area (Å²) in [5.41, 5.74) is 4.74. The maximum Gasteiger partial charge on any atom is 0.372 e. The van der Waals surface area contributed by atoms with Gasteiger partial charge in [0.2, 0.25) is 5.76 Å². The van der Waals surface area contributed by atoms with E-state index in [-0.39, 0.29) is 11.7 Å². The zero-order chi connectivity index (χ0) is 13.6. The van der Waals surface area contributed by atoms with Gasteiger partial charge >= 0.3 is 5.97 Å². The summed E-state index contributed by atoms with van der Waals surface area (Å²) in [6.07, 6.45) is 0. The molecule has 0 atom stereocenters. The first-order valence-electron chi connectivity index (χ1n) is 6.11. The van der Waals surface area contributed by atoms with E-state index in [9.17, 15) is 9.90 Å². The van der Waals surface area contributed by atoms with Crippen molar-refractivity contribution in [2.75, 3.05) is 0 Å². The molecule has 0 unspecified atom stereocenters. The predicted molar refractivity (Wildman–Crippen MR) is 71.5 cm³/mol. The fraction of sp³-hybridized carbons (Fsp3) is 0.400. The number of carbonyl (C=O) groups is 1. The number of rotatable bonds is 2. The number of benzene rings is 1. The first kappa shape index (κ1) is 12.7. The molecule has 3 nitrogen and oxygen atoms in total. The van der Waals surface area contributed by atoms with Crippen molar-refractivity contribution in [1.29, 1.82) is 0 Å². The summed E-state index contributed by atoms with van der Waals surface area (Å²) in [5, 5.41) is 10.2. The van der Waals surface area contributed by atoms with Crippen LogP contribution in [0.3, 0.4) is 0 Å². The van der Waals surface area contributed by atoms with Gasteiger partial charge < -0.3 is 9.52 Å². The van der Waals surface area contributed by atoms with Crippen LogP contribution in [0.15, 0.2) is 10.5 Å². The molecule has 18 heavy (non-hydrogen) atoms. The Hall–Kier alpha value is -1.77. The molecule has 0 amide bonds. The summed E-state index contributed by atoms with van der Waals surface area (Å²) in [6, 6.07) is 2.09. The van der Waals surface area contributed by atoms with Gasteiger partial charge in [-0.2, -0.15) is 0 Å². The summed E-state index contributed by atoms with van der Waals surface area (Å²) in [5.74, 6) is -0.790. The average molecular weight is 246 g/mol. The lowest BCUT2D eigenvalue weighted by molar-refractivity contribution is 0.0662. The Balaban J connectivity index is 2.98. The zero-order valence-electron chi connectivity index (χ0n) is 11.4. The SMILES string of the molecule is Cc1cc(C)c2c(C(C)C)c(C(=O)O)oc2c1C. The molecule has 0 saturated carbocycles. The summed E-state index contributed by atoms with van der Waals surface area (Å²) in [4.78, 5) is 11.3. The van der Waals surface area contributed by atoms with Gasteiger partial charge in [0.15, 0.2) is 0 Å². The summed E-state index contributed by atoms with van der Waals surface area (Å²) < 4.78 is 5.61. The molecule has 0 saturated heterocycles. The third-order valence-corrected chi connectivity index (χ3v) is 3.48. The van der Waals surface area contributed by atoms with E-state index in [0.29, 0.717) is 5.58 Å². The molecule has 0 bridgehead atoms. The van der Waals surface area contributed by atoms with Crippen molar-refractivity contribution in [1.82, 2.24) is 0 Å². The molecule has 1 N–H and O–H groups in total. The smallest absolute Gasteiger partial charge is 0.372 e. The van der Waals surface area contributed by atoms with Crippen LogP contribution in [0.4, 0.5) is 0 Å². The fourth-order valence-electron chi connectivity index (χ4n) is 2.49. The van der Waals surface area contributed by atoms with Gasteiger partial charge in [0, 0.05) is 10.9 Å². The lowest BCUT2D eigenvalue weighted by atomic mass is 9.94. The number of furan rings is 1. The molecule has 0 fully saturated rings. The molecular weight excluding hydrogens is 228 g/mol. The monoisotopic (exact) mass is 246 g/mol. The van der Waals surface area contributed by atoms with Crippen molar-refractivity contribution in [3.05, 3.63) is 34.1 Å². The molecule has 1 aromatic heterocycles. The molecule has 2 rings (SSSR count). The van der Waals surface area contributed by atoms with Gasteiger partial charge in [0.1, 0.15) is 5.58 Å². The van der Waals surface area contributed by atoms with Crippen LogP contribution in [0.2, 0.25) is 0 Å². The van der Waals surface area contributed by atoms with Crippen molar-refractivity contribution in [3.63, 3.8) is 0 Å². The molecule has 0 aliphatic carbocycles. The highest BCUT2D eigenvalue weighted by Crippen LogP contribution is 2.36. The predicted octanol–water partition coefficient (Wildman–Crippen LogP) is 4.18. The third-order valence-electron chi connectivity index (χ3n) is 3.48. The highest BCUT2D eigenvalue weighted by atomic mass is 16.4. The Kier molecular flexibility index (Phi) is 2.93. The number of hydrogen-bond acceptors (Lipinski definition) is 2. The second kappa shape index (κ2) is 4.16. The van der Waals surface area contributed by atoms with Crippen molar-refractivity contribution in [3.8, 4) is 0 Å². The summed E-state index contributed by atoms with van der Waals surface area (Å²) >= 11 is 0. The van der Waals surface area contributed by atoms with E-state index in [0.717, 1.165) is 27.6 Å². The molecule has 96 valence electrons. The highest BCUT2D eigenvalue weighted by molar-refractivity contribution is 5.98. The average Bonchev–Trinajstić information content (AvgIpc) is 2.66. The lowest BCUT2D eigenvalue weighted by Crippen LogP contribution is -2.00. The number of fused-ring (bicyclic) bond motifs is 1. The topological polar surface area (TPSA) is 50.4 Å². The Labute approximate surface area is 106 Å². The highest BCUT2D eigenvalue weighted by Gasteiger charge is 2.24. The molecule has 2 aromatic rings. The van der Waals surface area contributed by atoms with E-state index < -0.39 is 5.97 Å². The Bertz CT molecular complexity index is 633. The van der Waals surface area contributed by atoms with Crippen LogP contribution in [0.5, 0.6) is 0 Å². The molecule has 0 aliphatic heterocycles. The van der Waals surface area contributed by atoms with E-state index in [1.807, 2.05) is 34.6 Å². The molecule has 0 radical (unpaired) electrons. The minimum absolute atomic E-state index is 0.0804. The normalized spacial score (nSPS) is 11.4. The second-order valence-corrected chi connectivity index (χ2v) is 5.14.